The van der Waals surface area contributed by atoms with Crippen LogP contribution in [0.1, 0.15) is 39.0 Å². The van der Waals surface area contributed by atoms with Gasteiger partial charge in [0.05, 0.1) is 12.6 Å². The summed E-state index contributed by atoms with van der Waals surface area (Å²) in [6, 6.07) is 5.68. The van der Waals surface area contributed by atoms with E-state index in [1.54, 1.807) is 29.8 Å². The number of nitrogens with one attached hydrogen (secondary N) is 2. The Labute approximate surface area is 169 Å². The number of nitrogens with zero attached hydrogens (tertiary/aromatic N) is 1. The highest BCUT2D eigenvalue weighted by atomic mass is 32.2. The van der Waals surface area contributed by atoms with Gasteiger partial charge in [0.2, 0.25) is 5.91 Å². The van der Waals surface area contributed by atoms with Gasteiger partial charge in [0.15, 0.2) is 11.6 Å². The van der Waals surface area contributed by atoms with Crippen LogP contribution < -0.4 is 14.8 Å². The fraction of sp³-hybridized carbons (Fsp3) is 0.474. The third-order valence-electron chi connectivity index (χ3n) is 4.70. The second kappa shape index (κ2) is 9.49. The Morgan fingerprint density at radius 3 is 2.79 bits per heavy atom. The van der Waals surface area contributed by atoms with Gasteiger partial charge in [-0.1, -0.05) is 25.3 Å². The topological polar surface area (TPSA) is 97.4 Å². The minimum atomic E-state index is -3.73. The fourth-order valence-electron chi connectivity index (χ4n) is 3.15. The smallest absolute Gasteiger partial charge is 0.250 e. The van der Waals surface area contributed by atoms with E-state index in [1.807, 2.05) is 0 Å². The summed E-state index contributed by atoms with van der Waals surface area (Å²) in [7, 11) is -3.73. The number of thiophene rings is 1. The van der Waals surface area contributed by atoms with Gasteiger partial charge >= 0.3 is 0 Å². The van der Waals surface area contributed by atoms with Gasteiger partial charge in [-0.05, 0) is 49.3 Å². The number of carbonyl (C=O) groups is 1. The highest BCUT2D eigenvalue weighted by Gasteiger charge is 2.24. The van der Waals surface area contributed by atoms with Gasteiger partial charge in [-0.25, -0.2) is 13.4 Å². The minimum absolute atomic E-state index is 0.168. The number of aromatic nitrogens is 1. The molecule has 0 spiro atoms. The molecule has 1 unspecified atom stereocenters. The molecule has 3 rings (SSSR count). The summed E-state index contributed by atoms with van der Waals surface area (Å²) in [5, 5.41) is 4.34. The zero-order valence-corrected chi connectivity index (χ0v) is 17.4. The summed E-state index contributed by atoms with van der Waals surface area (Å²) in [6.07, 6.45) is 7.61. The molecule has 0 bridgehead atoms. The van der Waals surface area contributed by atoms with Gasteiger partial charge in [0.1, 0.15) is 4.21 Å². The molecule has 1 aliphatic rings. The maximum absolute atomic E-state index is 12.5. The molecule has 0 aliphatic heterocycles. The molecule has 1 atom stereocenters. The molecule has 0 aromatic carbocycles. The van der Waals surface area contributed by atoms with Crippen LogP contribution in [-0.4, -0.2) is 32.0 Å². The van der Waals surface area contributed by atoms with Crippen molar-refractivity contribution in [3.05, 3.63) is 35.8 Å². The van der Waals surface area contributed by atoms with Crippen LogP contribution in [0.3, 0.4) is 0 Å². The zero-order chi connectivity index (χ0) is 20.0. The van der Waals surface area contributed by atoms with Crippen LogP contribution >= 0.6 is 11.3 Å². The molecule has 152 valence electrons. The molecule has 0 saturated heterocycles. The van der Waals surface area contributed by atoms with Crippen LogP contribution in [0.25, 0.3) is 0 Å². The van der Waals surface area contributed by atoms with Crippen LogP contribution in [0.5, 0.6) is 5.75 Å². The van der Waals surface area contributed by atoms with Gasteiger partial charge in [-0.2, -0.15) is 4.72 Å². The molecular formula is C19H25N3O4S2. The van der Waals surface area contributed by atoms with Crippen LogP contribution in [0, 0.1) is 5.92 Å². The minimum Gasteiger partial charge on any atom is -0.489 e. The first-order valence-electron chi connectivity index (χ1n) is 9.40. The molecule has 2 aromatic rings. The third kappa shape index (κ3) is 5.52. The van der Waals surface area contributed by atoms with Gasteiger partial charge in [0, 0.05) is 6.20 Å². The van der Waals surface area contributed by atoms with E-state index in [2.05, 4.69) is 15.0 Å². The Bertz CT molecular complexity index is 878. The second-order valence-corrected chi connectivity index (χ2v) is 9.82. The lowest BCUT2D eigenvalue weighted by Gasteiger charge is -2.22. The highest BCUT2D eigenvalue weighted by Crippen LogP contribution is 2.27. The van der Waals surface area contributed by atoms with E-state index >= 15 is 0 Å². The molecule has 9 heteroatoms. The summed E-state index contributed by atoms with van der Waals surface area (Å²) >= 11 is 1.10. The van der Waals surface area contributed by atoms with E-state index < -0.39 is 22.0 Å². The van der Waals surface area contributed by atoms with Crippen molar-refractivity contribution in [1.82, 2.24) is 9.71 Å². The standard InChI is InChI=1S/C19H25N3O4S2/c1-14(22-28(24,25)17-10-6-12-27-17)19(23)21-18-16(9-5-11-20-18)26-13-15-7-3-2-4-8-15/h5-6,9-12,14-15,22H,2-4,7-8,13H2,1H3,(H,20,21,23). The van der Waals surface area contributed by atoms with Crippen LogP contribution in [-0.2, 0) is 14.8 Å². The van der Waals surface area contributed by atoms with Crippen molar-refractivity contribution in [1.29, 1.82) is 0 Å². The molecule has 7 nitrogen and oxygen atoms in total. The van der Waals surface area contributed by atoms with Crippen LogP contribution in [0.2, 0.25) is 0 Å². The van der Waals surface area contributed by atoms with Crippen molar-refractivity contribution in [2.24, 2.45) is 5.92 Å². The summed E-state index contributed by atoms with van der Waals surface area (Å²) in [6.45, 7) is 2.08. The third-order valence-corrected chi connectivity index (χ3v) is 7.63. The van der Waals surface area contributed by atoms with E-state index in [0.29, 0.717) is 24.1 Å². The first-order chi connectivity index (χ1) is 13.5. The molecule has 2 heterocycles. The van der Waals surface area contributed by atoms with Crippen molar-refractivity contribution in [2.75, 3.05) is 11.9 Å². The largest absolute Gasteiger partial charge is 0.489 e. The molecular weight excluding hydrogens is 398 g/mol. The summed E-state index contributed by atoms with van der Waals surface area (Å²) < 4.78 is 33.0. The number of sulfonamides is 1. The van der Waals surface area contributed by atoms with E-state index in [1.165, 1.54) is 32.3 Å². The number of amides is 1. The Morgan fingerprint density at radius 2 is 2.07 bits per heavy atom. The highest BCUT2D eigenvalue weighted by molar-refractivity contribution is 7.91. The lowest BCUT2D eigenvalue weighted by atomic mass is 9.90. The monoisotopic (exact) mass is 423 g/mol. The van der Waals surface area contributed by atoms with Gasteiger partial charge < -0.3 is 10.1 Å². The Morgan fingerprint density at radius 1 is 1.29 bits per heavy atom. The molecule has 1 fully saturated rings. The number of anilines is 1. The van der Waals surface area contributed by atoms with Crippen LogP contribution in [0.4, 0.5) is 5.82 Å². The second-order valence-electron chi connectivity index (χ2n) is 6.93. The normalized spacial score (nSPS) is 16.5. The lowest BCUT2D eigenvalue weighted by Crippen LogP contribution is -2.41. The number of ether oxygens (including phenoxy) is 1. The van der Waals surface area contributed by atoms with Crippen molar-refractivity contribution in [2.45, 2.75) is 49.3 Å². The maximum atomic E-state index is 12.5. The van der Waals surface area contributed by atoms with E-state index in [9.17, 15) is 13.2 Å². The Balaban J connectivity index is 1.60. The number of hydrogen-bond acceptors (Lipinski definition) is 6. The maximum Gasteiger partial charge on any atom is 0.250 e. The number of carbonyl (C=O) groups excluding carboxylic acids is 1. The summed E-state index contributed by atoms with van der Waals surface area (Å²) in [5.74, 6) is 0.815. The molecule has 0 radical (unpaired) electrons. The van der Waals surface area contributed by atoms with Crippen molar-refractivity contribution in [3.63, 3.8) is 0 Å². The average Bonchev–Trinajstić information content (AvgIpc) is 3.24. The zero-order valence-electron chi connectivity index (χ0n) is 15.8. The predicted octanol–water partition coefficient (Wildman–Crippen LogP) is 3.41. The number of rotatable bonds is 8. The summed E-state index contributed by atoms with van der Waals surface area (Å²) in [4.78, 5) is 16.7. The Hall–Kier alpha value is -1.97. The SMILES string of the molecule is CC(NS(=O)(=O)c1cccs1)C(=O)Nc1ncccc1OCC1CCCCC1. The molecule has 2 aromatic heterocycles. The predicted molar refractivity (Wildman–Crippen MR) is 109 cm³/mol. The van der Waals surface area contributed by atoms with Crippen molar-refractivity contribution >= 4 is 33.1 Å². The number of pyridine rings is 1. The van der Waals surface area contributed by atoms with E-state index in [0.717, 1.165) is 24.2 Å². The van der Waals surface area contributed by atoms with Crippen molar-refractivity contribution in [3.8, 4) is 5.75 Å². The van der Waals surface area contributed by atoms with E-state index in [-0.39, 0.29) is 4.21 Å². The quantitative estimate of drug-likeness (QED) is 0.678. The molecule has 1 aliphatic carbocycles. The lowest BCUT2D eigenvalue weighted by molar-refractivity contribution is -0.117. The molecule has 28 heavy (non-hydrogen) atoms. The first-order valence-corrected chi connectivity index (χ1v) is 11.8. The van der Waals surface area contributed by atoms with Crippen LogP contribution in [0.15, 0.2) is 40.1 Å². The Kier molecular flexibility index (Phi) is 7.03. The van der Waals surface area contributed by atoms with E-state index in [4.69, 9.17) is 4.74 Å². The van der Waals surface area contributed by atoms with Gasteiger partial charge in [-0.15, -0.1) is 11.3 Å². The fourth-order valence-corrected chi connectivity index (χ4v) is 5.36. The molecule has 1 saturated carbocycles. The average molecular weight is 424 g/mol. The van der Waals surface area contributed by atoms with Crippen molar-refractivity contribution < 1.29 is 17.9 Å². The first kappa shape index (κ1) is 20.8. The van der Waals surface area contributed by atoms with Gasteiger partial charge in [-0.3, -0.25) is 4.79 Å². The molecule has 1 amide bonds. The molecule has 2 N–H and O–H groups in total. The summed E-state index contributed by atoms with van der Waals surface area (Å²) in [5.41, 5.74) is 0. The number of hydrogen-bond donors (Lipinski definition) is 2. The van der Waals surface area contributed by atoms with Gasteiger partial charge in [0.25, 0.3) is 10.0 Å².